The van der Waals surface area contributed by atoms with Crippen molar-refractivity contribution in [3.8, 4) is 0 Å². The largest absolute Gasteiger partial charge is 0.393 e. The van der Waals surface area contributed by atoms with Crippen molar-refractivity contribution in [1.82, 2.24) is 4.90 Å². The molecule has 0 atom stereocenters. The molecule has 1 heterocycles. The van der Waals surface area contributed by atoms with Crippen molar-refractivity contribution in [2.24, 2.45) is 0 Å². The van der Waals surface area contributed by atoms with Gasteiger partial charge in [0.1, 0.15) is 6.10 Å². The number of aliphatic hydroxyl groups excluding tert-OH is 1. The second-order valence-electron chi connectivity index (χ2n) is 6.15. The lowest BCUT2D eigenvalue weighted by Crippen LogP contribution is -2.37. The molecule has 2 aromatic carbocycles. The van der Waals surface area contributed by atoms with Gasteiger partial charge in [-0.15, -0.1) is 0 Å². The average Bonchev–Trinajstić information content (AvgIpc) is 2.62. The first-order valence-electron chi connectivity index (χ1n) is 8.45. The lowest BCUT2D eigenvalue weighted by Gasteiger charge is -2.30. The Hall–Kier alpha value is -1.68. The SMILES string of the molecule is OC1CCN(CCOC(c2ccccc2)c2ccccc2)CC1. The van der Waals surface area contributed by atoms with Crippen molar-refractivity contribution in [3.05, 3.63) is 71.8 Å². The highest BCUT2D eigenvalue weighted by Crippen LogP contribution is 2.25. The quantitative estimate of drug-likeness (QED) is 0.889. The van der Waals surface area contributed by atoms with Crippen LogP contribution in [0, 0.1) is 0 Å². The predicted molar refractivity (Wildman–Crippen MR) is 92.4 cm³/mol. The summed E-state index contributed by atoms with van der Waals surface area (Å²) in [4.78, 5) is 2.37. The molecule has 0 bridgehead atoms. The molecule has 0 saturated carbocycles. The van der Waals surface area contributed by atoms with Crippen LogP contribution in [0.3, 0.4) is 0 Å². The van der Waals surface area contributed by atoms with Crippen LogP contribution >= 0.6 is 0 Å². The lowest BCUT2D eigenvalue weighted by molar-refractivity contribution is 0.0357. The van der Waals surface area contributed by atoms with Gasteiger partial charge in [-0.25, -0.2) is 0 Å². The molecule has 2 aromatic rings. The number of aliphatic hydroxyl groups is 1. The highest BCUT2D eigenvalue weighted by molar-refractivity contribution is 5.29. The van der Waals surface area contributed by atoms with Gasteiger partial charge in [-0.1, -0.05) is 60.7 Å². The van der Waals surface area contributed by atoms with Crippen LogP contribution < -0.4 is 0 Å². The molecule has 1 aliphatic heterocycles. The van der Waals surface area contributed by atoms with E-state index >= 15 is 0 Å². The number of hydrogen-bond donors (Lipinski definition) is 1. The molecule has 0 aliphatic carbocycles. The number of benzene rings is 2. The van der Waals surface area contributed by atoms with Gasteiger partial charge < -0.3 is 14.7 Å². The molecule has 1 saturated heterocycles. The third-order valence-electron chi connectivity index (χ3n) is 4.45. The minimum absolute atomic E-state index is 0.0206. The van der Waals surface area contributed by atoms with Gasteiger partial charge in [-0.3, -0.25) is 0 Å². The fourth-order valence-corrected chi connectivity index (χ4v) is 3.08. The molecule has 0 unspecified atom stereocenters. The second-order valence-corrected chi connectivity index (χ2v) is 6.15. The van der Waals surface area contributed by atoms with Crippen LogP contribution in [0.2, 0.25) is 0 Å². The Labute approximate surface area is 138 Å². The fraction of sp³-hybridized carbons (Fsp3) is 0.400. The van der Waals surface area contributed by atoms with E-state index in [1.54, 1.807) is 0 Å². The van der Waals surface area contributed by atoms with Crippen molar-refractivity contribution in [1.29, 1.82) is 0 Å². The van der Waals surface area contributed by atoms with E-state index in [-0.39, 0.29) is 12.2 Å². The third-order valence-corrected chi connectivity index (χ3v) is 4.45. The van der Waals surface area contributed by atoms with Gasteiger partial charge in [0.25, 0.3) is 0 Å². The highest BCUT2D eigenvalue weighted by atomic mass is 16.5. The third kappa shape index (κ3) is 4.64. The number of ether oxygens (including phenoxy) is 1. The van der Waals surface area contributed by atoms with Gasteiger partial charge in [0.15, 0.2) is 0 Å². The average molecular weight is 311 g/mol. The summed E-state index contributed by atoms with van der Waals surface area (Å²) >= 11 is 0. The molecule has 1 N–H and O–H groups in total. The topological polar surface area (TPSA) is 32.7 Å². The van der Waals surface area contributed by atoms with E-state index in [1.165, 1.54) is 11.1 Å². The predicted octanol–water partition coefficient (Wildman–Crippen LogP) is 3.25. The zero-order valence-electron chi connectivity index (χ0n) is 13.5. The molecule has 0 spiro atoms. The summed E-state index contributed by atoms with van der Waals surface area (Å²) in [6.45, 7) is 3.55. The number of likely N-dealkylation sites (tertiary alicyclic amines) is 1. The first-order valence-corrected chi connectivity index (χ1v) is 8.45. The van der Waals surface area contributed by atoms with Crippen molar-refractivity contribution in [2.45, 2.75) is 25.0 Å². The fourth-order valence-electron chi connectivity index (χ4n) is 3.08. The van der Waals surface area contributed by atoms with Gasteiger partial charge >= 0.3 is 0 Å². The van der Waals surface area contributed by atoms with Crippen LogP contribution in [-0.4, -0.2) is 42.4 Å². The summed E-state index contributed by atoms with van der Waals surface area (Å²) in [5.41, 5.74) is 2.38. The van der Waals surface area contributed by atoms with Crippen molar-refractivity contribution in [3.63, 3.8) is 0 Å². The Balaban J connectivity index is 1.61. The van der Waals surface area contributed by atoms with Gasteiger partial charge in [0, 0.05) is 19.6 Å². The molecule has 122 valence electrons. The van der Waals surface area contributed by atoms with Crippen LogP contribution in [0.1, 0.15) is 30.1 Å². The van der Waals surface area contributed by atoms with E-state index < -0.39 is 0 Å². The normalized spacial score (nSPS) is 16.8. The van der Waals surface area contributed by atoms with Gasteiger partial charge in [-0.2, -0.15) is 0 Å². The van der Waals surface area contributed by atoms with Gasteiger partial charge in [0.2, 0.25) is 0 Å². The molecular weight excluding hydrogens is 286 g/mol. The maximum absolute atomic E-state index is 9.58. The number of nitrogens with zero attached hydrogens (tertiary/aromatic N) is 1. The maximum atomic E-state index is 9.58. The molecule has 3 rings (SSSR count). The zero-order chi connectivity index (χ0) is 15.9. The minimum Gasteiger partial charge on any atom is -0.393 e. The van der Waals surface area contributed by atoms with E-state index in [1.807, 2.05) is 12.1 Å². The van der Waals surface area contributed by atoms with Crippen molar-refractivity contribution < 1.29 is 9.84 Å². The van der Waals surface area contributed by atoms with Gasteiger partial charge in [-0.05, 0) is 24.0 Å². The van der Waals surface area contributed by atoms with E-state index in [9.17, 15) is 5.11 Å². The van der Waals surface area contributed by atoms with Crippen LogP contribution in [0.4, 0.5) is 0 Å². The molecule has 3 heteroatoms. The molecule has 1 aliphatic rings. The summed E-state index contributed by atoms with van der Waals surface area (Å²) in [6.07, 6.45) is 1.61. The van der Waals surface area contributed by atoms with Crippen LogP contribution in [0.25, 0.3) is 0 Å². The van der Waals surface area contributed by atoms with Crippen LogP contribution in [0.15, 0.2) is 60.7 Å². The standard InChI is InChI=1S/C20H25NO2/c22-19-11-13-21(14-12-19)15-16-23-20(17-7-3-1-4-8-17)18-9-5-2-6-10-18/h1-10,19-20,22H,11-16H2. The molecule has 0 amide bonds. The highest BCUT2D eigenvalue weighted by Gasteiger charge is 2.18. The van der Waals surface area contributed by atoms with E-state index in [2.05, 4.69) is 53.4 Å². The molecule has 3 nitrogen and oxygen atoms in total. The Kier molecular flexibility index (Phi) is 5.81. The summed E-state index contributed by atoms with van der Waals surface area (Å²) in [6, 6.07) is 20.8. The Morgan fingerprint density at radius 2 is 1.43 bits per heavy atom. The lowest BCUT2D eigenvalue weighted by atomic mass is 10.0. The van der Waals surface area contributed by atoms with Crippen molar-refractivity contribution in [2.75, 3.05) is 26.2 Å². The Morgan fingerprint density at radius 1 is 0.913 bits per heavy atom. The molecule has 23 heavy (non-hydrogen) atoms. The molecule has 1 fully saturated rings. The number of piperidine rings is 1. The second kappa shape index (κ2) is 8.25. The van der Waals surface area contributed by atoms with Crippen LogP contribution in [-0.2, 0) is 4.74 Å². The number of rotatable bonds is 6. The van der Waals surface area contributed by atoms with E-state index in [0.29, 0.717) is 6.61 Å². The Morgan fingerprint density at radius 3 is 1.96 bits per heavy atom. The molecular formula is C20H25NO2. The van der Waals surface area contributed by atoms with Crippen molar-refractivity contribution >= 4 is 0 Å². The summed E-state index contributed by atoms with van der Waals surface area (Å²) < 4.78 is 6.24. The van der Waals surface area contributed by atoms with Gasteiger partial charge in [0.05, 0.1) is 12.7 Å². The van der Waals surface area contributed by atoms with Crippen LogP contribution in [0.5, 0.6) is 0 Å². The summed E-state index contributed by atoms with van der Waals surface area (Å²) in [5.74, 6) is 0. The maximum Gasteiger partial charge on any atom is 0.108 e. The molecule has 0 radical (unpaired) electrons. The van der Waals surface area contributed by atoms with E-state index in [0.717, 1.165) is 32.5 Å². The summed E-state index contributed by atoms with van der Waals surface area (Å²) in [7, 11) is 0. The smallest absolute Gasteiger partial charge is 0.108 e. The Bertz CT molecular complexity index is 525. The minimum atomic E-state index is -0.117. The number of hydrogen-bond acceptors (Lipinski definition) is 3. The first kappa shape index (κ1) is 16.2. The van der Waals surface area contributed by atoms with E-state index in [4.69, 9.17) is 4.74 Å². The molecule has 0 aromatic heterocycles. The monoisotopic (exact) mass is 311 g/mol. The summed E-state index contributed by atoms with van der Waals surface area (Å²) in [5, 5.41) is 9.58. The first-order chi connectivity index (χ1) is 11.3. The zero-order valence-corrected chi connectivity index (χ0v) is 13.5.